The van der Waals surface area contributed by atoms with Gasteiger partial charge in [-0.2, -0.15) is 0 Å². The van der Waals surface area contributed by atoms with Crippen molar-refractivity contribution in [1.29, 1.82) is 0 Å². The number of fused-ring (bicyclic) bond motifs is 2. The number of aliphatic imine (C=N–C) groups is 1. The first-order valence-electron chi connectivity index (χ1n) is 16.0. The van der Waals surface area contributed by atoms with Crippen LogP contribution in [0, 0.1) is 23.7 Å². The van der Waals surface area contributed by atoms with Crippen molar-refractivity contribution in [2.45, 2.75) is 96.9 Å². The van der Waals surface area contributed by atoms with E-state index in [4.69, 9.17) is 19.5 Å². The van der Waals surface area contributed by atoms with Crippen molar-refractivity contribution in [1.82, 2.24) is 19.8 Å². The summed E-state index contributed by atoms with van der Waals surface area (Å²) >= 11 is 0. The predicted octanol–water partition coefficient (Wildman–Crippen LogP) is 7.07. The van der Waals surface area contributed by atoms with Crippen molar-refractivity contribution in [2.24, 2.45) is 4.99 Å². The van der Waals surface area contributed by atoms with Crippen molar-refractivity contribution in [3.05, 3.63) is 58.9 Å². The van der Waals surface area contributed by atoms with Crippen LogP contribution in [-0.4, -0.2) is 68.0 Å². The first-order chi connectivity index (χ1) is 21.8. The third-order valence-corrected chi connectivity index (χ3v) is 8.15. The maximum absolute atomic E-state index is 12.8. The molecule has 238 valence electrons. The molecule has 0 unspecified atom stereocenters. The van der Waals surface area contributed by atoms with Crippen LogP contribution in [0.4, 0.5) is 15.3 Å². The Labute approximate surface area is 270 Å². The molecule has 0 radical (unpaired) electrons. The minimum atomic E-state index is -0.546. The fourth-order valence-corrected chi connectivity index (χ4v) is 6.21. The van der Waals surface area contributed by atoms with Crippen molar-refractivity contribution >= 4 is 34.6 Å². The van der Waals surface area contributed by atoms with Crippen LogP contribution in [0.2, 0.25) is 0 Å². The van der Waals surface area contributed by atoms with Crippen LogP contribution in [0.25, 0.3) is 11.0 Å². The molecule has 3 aliphatic heterocycles. The summed E-state index contributed by atoms with van der Waals surface area (Å²) in [4.78, 5) is 42.2. The molecule has 46 heavy (non-hydrogen) atoms. The number of ether oxygens (including phenoxy) is 2. The Morgan fingerprint density at radius 2 is 1.41 bits per heavy atom. The molecule has 1 aromatic heterocycles. The quantitative estimate of drug-likeness (QED) is 0.310. The maximum Gasteiger partial charge on any atom is 0.410 e. The molecular formula is C37H41N5O4. The molecule has 4 heterocycles. The van der Waals surface area contributed by atoms with Crippen LogP contribution < -0.4 is 0 Å². The third kappa shape index (κ3) is 7.05. The highest BCUT2D eigenvalue weighted by molar-refractivity contribution is 5.99. The Hall–Kier alpha value is -4.76. The van der Waals surface area contributed by atoms with Gasteiger partial charge in [0.25, 0.3) is 0 Å². The smallest absolute Gasteiger partial charge is 0.410 e. The fraction of sp³-hybridized carbons (Fsp3) is 0.459. The molecule has 2 aromatic carbocycles. The number of benzene rings is 2. The third-order valence-electron chi connectivity index (χ3n) is 8.15. The largest absolute Gasteiger partial charge is 0.444 e. The molecule has 3 aliphatic rings. The lowest BCUT2D eigenvalue weighted by Crippen LogP contribution is -2.43. The molecule has 0 spiro atoms. The Kier molecular flexibility index (Phi) is 8.29. The number of hydrogen-bond acceptors (Lipinski definition) is 6. The van der Waals surface area contributed by atoms with Gasteiger partial charge in [0.1, 0.15) is 17.0 Å². The number of H-pyrrole nitrogens is 1. The van der Waals surface area contributed by atoms with E-state index in [0.29, 0.717) is 19.5 Å². The fourth-order valence-electron chi connectivity index (χ4n) is 6.21. The van der Waals surface area contributed by atoms with Crippen LogP contribution >= 0.6 is 0 Å². The summed E-state index contributed by atoms with van der Waals surface area (Å²) in [5.41, 5.74) is 5.37. The van der Waals surface area contributed by atoms with E-state index >= 15 is 0 Å². The summed E-state index contributed by atoms with van der Waals surface area (Å²) in [5, 5.41) is 0. The summed E-state index contributed by atoms with van der Waals surface area (Å²) in [6.45, 7) is 12.6. The van der Waals surface area contributed by atoms with E-state index in [1.807, 2.05) is 76.8 Å². The number of imidazole rings is 1. The van der Waals surface area contributed by atoms with Crippen molar-refractivity contribution in [3.63, 3.8) is 0 Å². The number of carbonyl (C=O) groups excluding carboxylic acids is 2. The Morgan fingerprint density at radius 3 is 2.07 bits per heavy atom. The van der Waals surface area contributed by atoms with Gasteiger partial charge in [-0.1, -0.05) is 11.8 Å². The number of likely N-dealkylation sites (tertiary alicyclic amines) is 2. The molecule has 9 nitrogen and oxygen atoms in total. The van der Waals surface area contributed by atoms with Crippen LogP contribution in [0.15, 0.2) is 41.4 Å². The average Bonchev–Trinajstić information content (AvgIpc) is 3.77. The first-order valence-corrected chi connectivity index (χ1v) is 16.0. The van der Waals surface area contributed by atoms with E-state index in [1.165, 1.54) is 0 Å². The number of carbonyl (C=O) groups is 2. The second kappa shape index (κ2) is 12.2. The molecule has 0 bridgehead atoms. The molecule has 2 amide bonds. The first kappa shape index (κ1) is 31.2. The minimum absolute atomic E-state index is 0.0342. The van der Waals surface area contributed by atoms with Crippen molar-refractivity contribution in [2.75, 3.05) is 13.1 Å². The lowest BCUT2D eigenvalue weighted by molar-refractivity contribution is 0.0216. The normalized spacial score (nSPS) is 19.2. The topological polar surface area (TPSA) is 100 Å². The van der Waals surface area contributed by atoms with Gasteiger partial charge in [-0.05, 0) is 121 Å². The molecule has 3 aromatic rings. The number of nitrogens with one attached hydrogen (secondary N) is 1. The number of hydrogen-bond donors (Lipinski definition) is 1. The Morgan fingerprint density at radius 1 is 0.826 bits per heavy atom. The van der Waals surface area contributed by atoms with Crippen molar-refractivity contribution in [3.8, 4) is 23.7 Å². The molecule has 6 rings (SSSR count). The van der Waals surface area contributed by atoms with Gasteiger partial charge in [0.15, 0.2) is 0 Å². The zero-order valence-corrected chi connectivity index (χ0v) is 27.5. The minimum Gasteiger partial charge on any atom is -0.444 e. The van der Waals surface area contributed by atoms with Gasteiger partial charge >= 0.3 is 12.2 Å². The van der Waals surface area contributed by atoms with Crippen LogP contribution in [-0.2, 0) is 15.9 Å². The summed E-state index contributed by atoms with van der Waals surface area (Å²) < 4.78 is 11.3. The maximum atomic E-state index is 12.8. The Balaban J connectivity index is 1.10. The molecule has 9 heteroatoms. The molecule has 2 atom stereocenters. The van der Waals surface area contributed by atoms with Crippen LogP contribution in [0.1, 0.15) is 95.8 Å². The zero-order chi connectivity index (χ0) is 32.6. The number of aromatic amines is 1. The van der Waals surface area contributed by atoms with Gasteiger partial charge < -0.3 is 14.5 Å². The molecule has 0 saturated carbocycles. The van der Waals surface area contributed by atoms with E-state index < -0.39 is 11.2 Å². The number of nitrogens with zero attached hydrogens (tertiary/aromatic N) is 4. The van der Waals surface area contributed by atoms with Gasteiger partial charge in [0, 0.05) is 36.3 Å². The summed E-state index contributed by atoms with van der Waals surface area (Å²) in [6.07, 6.45) is 3.69. The van der Waals surface area contributed by atoms with Crippen molar-refractivity contribution < 1.29 is 19.1 Å². The SMILES string of the molecule is CC(C)(C)OC(=O)N1CCC[C@H]1C1=Nc2ccc(C#CC#Cc3ccc4nc([C@@H]5CCCN5C(=O)OC(C)(C)C)[nH]c4c3)cc2C1. The van der Waals surface area contributed by atoms with Gasteiger partial charge in [-0.3, -0.25) is 14.8 Å². The second-order valence-electron chi connectivity index (χ2n) is 14.1. The zero-order valence-electron chi connectivity index (χ0n) is 27.5. The number of aromatic nitrogens is 2. The van der Waals surface area contributed by atoms with Gasteiger partial charge in [-0.25, -0.2) is 14.6 Å². The molecule has 1 N–H and O–H groups in total. The van der Waals surface area contributed by atoms with Gasteiger partial charge in [-0.15, -0.1) is 0 Å². The number of rotatable bonds is 2. The van der Waals surface area contributed by atoms with Gasteiger partial charge in [0.2, 0.25) is 0 Å². The highest BCUT2D eigenvalue weighted by Gasteiger charge is 2.37. The van der Waals surface area contributed by atoms with E-state index in [0.717, 1.165) is 70.6 Å². The van der Waals surface area contributed by atoms with Gasteiger partial charge in [0.05, 0.1) is 28.8 Å². The lowest BCUT2D eigenvalue weighted by atomic mass is 10.0. The van der Waals surface area contributed by atoms with Crippen LogP contribution in [0.5, 0.6) is 0 Å². The highest BCUT2D eigenvalue weighted by Crippen LogP contribution is 2.34. The Bertz CT molecular complexity index is 1840. The molecule has 2 saturated heterocycles. The second-order valence-corrected chi connectivity index (χ2v) is 14.1. The van der Waals surface area contributed by atoms with E-state index in [-0.39, 0.29) is 24.3 Å². The summed E-state index contributed by atoms with van der Waals surface area (Å²) in [7, 11) is 0. The summed E-state index contributed by atoms with van der Waals surface area (Å²) in [6, 6.07) is 11.7. The standard InChI is InChI=1S/C37H41N5O4/c1-36(2,3)45-34(43)41-19-9-13-31(41)30-23-26-21-24(15-17-27(26)38-30)11-7-8-12-25-16-18-28-29(22-25)40-33(39-28)32-14-10-20-42(32)35(44)46-37(4,5)6/h15-18,21-22,31-32H,9-10,13-14,19-20,23H2,1-6H3,(H,39,40)/t31-,32-/m0/s1. The van der Waals surface area contributed by atoms with Crippen LogP contribution in [0.3, 0.4) is 0 Å². The number of amides is 2. The highest BCUT2D eigenvalue weighted by atomic mass is 16.6. The van der Waals surface area contributed by atoms with E-state index in [1.54, 1.807) is 4.90 Å². The molecule has 2 fully saturated rings. The van der Waals surface area contributed by atoms with E-state index in [9.17, 15) is 9.59 Å². The summed E-state index contributed by atoms with van der Waals surface area (Å²) in [5.74, 6) is 13.0. The lowest BCUT2D eigenvalue weighted by Gasteiger charge is -2.28. The van der Waals surface area contributed by atoms with E-state index in [2.05, 4.69) is 34.7 Å². The molecule has 0 aliphatic carbocycles. The molecular weight excluding hydrogens is 578 g/mol. The predicted molar refractivity (Wildman–Crippen MR) is 178 cm³/mol. The monoisotopic (exact) mass is 619 g/mol. The average molecular weight is 620 g/mol.